The molecule has 1 unspecified atom stereocenters. The highest BCUT2D eigenvalue weighted by molar-refractivity contribution is 9.10. The predicted octanol–water partition coefficient (Wildman–Crippen LogP) is 5.22. The molecule has 0 spiro atoms. The van der Waals surface area contributed by atoms with Gasteiger partial charge in [-0.1, -0.05) is 71.7 Å². The highest BCUT2D eigenvalue weighted by Crippen LogP contribution is 2.31. The van der Waals surface area contributed by atoms with Crippen molar-refractivity contribution in [2.75, 3.05) is 6.54 Å². The minimum absolute atomic E-state index is 0.0766. The normalized spacial score (nSPS) is 12.4. The summed E-state index contributed by atoms with van der Waals surface area (Å²) in [5.41, 5.74) is 1.13. The lowest BCUT2D eigenvalue weighted by atomic mass is 10.1. The molecule has 2 aromatic rings. The van der Waals surface area contributed by atoms with Crippen LogP contribution in [0.25, 0.3) is 0 Å². The Bertz CT molecular complexity index is 574. The van der Waals surface area contributed by atoms with Crippen LogP contribution in [0.2, 0.25) is 5.02 Å². The Kier molecular flexibility index (Phi) is 6.09. The van der Waals surface area contributed by atoms with E-state index < -0.39 is 0 Å². The van der Waals surface area contributed by atoms with Gasteiger partial charge in [0.05, 0.1) is 5.02 Å². The smallest absolute Gasteiger partial charge is 0.138 e. The van der Waals surface area contributed by atoms with Gasteiger partial charge in [0, 0.05) is 17.1 Å². The van der Waals surface area contributed by atoms with Gasteiger partial charge in [0.15, 0.2) is 0 Å². The molecule has 0 bridgehead atoms. The van der Waals surface area contributed by atoms with Crippen LogP contribution in [0.15, 0.2) is 53.0 Å². The number of hydrogen-bond acceptors (Lipinski definition) is 2. The second-order valence-corrected chi connectivity index (χ2v) is 6.48. The summed E-state index contributed by atoms with van der Waals surface area (Å²) in [6, 6.07) is 16.2. The van der Waals surface area contributed by atoms with Crippen LogP contribution in [-0.4, -0.2) is 12.6 Å². The van der Waals surface area contributed by atoms with Crippen LogP contribution in [0, 0.1) is 0 Å². The van der Waals surface area contributed by atoms with E-state index in [2.05, 4.69) is 47.2 Å². The molecule has 1 N–H and O–H groups in total. The first-order valence-electron chi connectivity index (χ1n) is 6.96. The standard InChI is InChI=1S/C17H19BrClNO/c1-12(2)20-11-17(13-6-4-3-5-7-13)21-16-9-8-14(18)10-15(16)19/h3-10,12,17,20H,11H2,1-2H3. The zero-order valence-corrected chi connectivity index (χ0v) is 14.5. The fourth-order valence-electron chi connectivity index (χ4n) is 1.96. The van der Waals surface area contributed by atoms with E-state index in [9.17, 15) is 0 Å². The maximum atomic E-state index is 6.25. The van der Waals surface area contributed by atoms with Crippen LogP contribution < -0.4 is 10.1 Å². The average molecular weight is 369 g/mol. The third-order valence-electron chi connectivity index (χ3n) is 3.05. The summed E-state index contributed by atoms with van der Waals surface area (Å²) in [5.74, 6) is 0.694. The van der Waals surface area contributed by atoms with Crippen LogP contribution in [0.3, 0.4) is 0 Å². The predicted molar refractivity (Wildman–Crippen MR) is 92.1 cm³/mol. The number of ether oxygens (including phenoxy) is 1. The van der Waals surface area contributed by atoms with Crippen molar-refractivity contribution in [3.05, 3.63) is 63.6 Å². The van der Waals surface area contributed by atoms with E-state index in [1.807, 2.05) is 36.4 Å². The quantitative estimate of drug-likeness (QED) is 0.754. The molecule has 0 radical (unpaired) electrons. The second-order valence-electron chi connectivity index (χ2n) is 5.15. The molecule has 2 nitrogen and oxygen atoms in total. The SMILES string of the molecule is CC(C)NCC(Oc1ccc(Br)cc1Cl)c1ccccc1. The van der Waals surface area contributed by atoms with Gasteiger partial charge in [0.25, 0.3) is 0 Å². The molecule has 0 saturated carbocycles. The first-order valence-corrected chi connectivity index (χ1v) is 8.13. The van der Waals surface area contributed by atoms with Crippen molar-refractivity contribution < 1.29 is 4.74 Å². The summed E-state index contributed by atoms with van der Waals surface area (Å²) in [7, 11) is 0. The van der Waals surface area contributed by atoms with Crippen molar-refractivity contribution in [3.63, 3.8) is 0 Å². The van der Waals surface area contributed by atoms with Crippen LogP contribution in [0.5, 0.6) is 5.75 Å². The van der Waals surface area contributed by atoms with Crippen LogP contribution in [-0.2, 0) is 0 Å². The highest BCUT2D eigenvalue weighted by Gasteiger charge is 2.15. The molecule has 2 rings (SSSR count). The molecule has 0 aliphatic carbocycles. The van der Waals surface area contributed by atoms with E-state index in [1.165, 1.54) is 0 Å². The Hall–Kier alpha value is -1.03. The third kappa shape index (κ3) is 5.03. The molecule has 112 valence electrons. The van der Waals surface area contributed by atoms with Crippen LogP contribution in [0.1, 0.15) is 25.5 Å². The Labute approximate surface area is 139 Å². The molecular formula is C17H19BrClNO. The van der Waals surface area contributed by atoms with E-state index in [0.717, 1.165) is 16.6 Å². The molecule has 21 heavy (non-hydrogen) atoms. The zero-order valence-electron chi connectivity index (χ0n) is 12.1. The summed E-state index contributed by atoms with van der Waals surface area (Å²) in [5, 5.41) is 4.02. The van der Waals surface area contributed by atoms with Gasteiger partial charge in [-0.2, -0.15) is 0 Å². The molecular weight excluding hydrogens is 350 g/mol. The number of halogens is 2. The molecule has 0 heterocycles. The Balaban J connectivity index is 2.19. The summed E-state index contributed by atoms with van der Waals surface area (Å²) >= 11 is 9.65. The van der Waals surface area contributed by atoms with Crippen molar-refractivity contribution in [3.8, 4) is 5.75 Å². The van der Waals surface area contributed by atoms with Gasteiger partial charge in [-0.3, -0.25) is 0 Å². The fourth-order valence-corrected chi connectivity index (χ4v) is 2.68. The molecule has 0 amide bonds. The van der Waals surface area contributed by atoms with E-state index in [1.54, 1.807) is 0 Å². The van der Waals surface area contributed by atoms with Gasteiger partial charge in [-0.25, -0.2) is 0 Å². The molecule has 4 heteroatoms. The summed E-state index contributed by atoms with van der Waals surface area (Å²) in [4.78, 5) is 0. The lowest BCUT2D eigenvalue weighted by Crippen LogP contribution is -2.30. The van der Waals surface area contributed by atoms with E-state index in [-0.39, 0.29) is 6.10 Å². The van der Waals surface area contributed by atoms with E-state index in [4.69, 9.17) is 16.3 Å². The summed E-state index contributed by atoms with van der Waals surface area (Å²) in [6.07, 6.45) is -0.0766. The Morgan fingerprint density at radius 1 is 1.14 bits per heavy atom. The van der Waals surface area contributed by atoms with Crippen molar-refractivity contribution in [1.82, 2.24) is 5.32 Å². The van der Waals surface area contributed by atoms with Crippen molar-refractivity contribution >= 4 is 27.5 Å². The van der Waals surface area contributed by atoms with Crippen molar-refractivity contribution in [2.45, 2.75) is 26.0 Å². The van der Waals surface area contributed by atoms with Crippen molar-refractivity contribution in [2.24, 2.45) is 0 Å². The van der Waals surface area contributed by atoms with Gasteiger partial charge in [-0.15, -0.1) is 0 Å². The van der Waals surface area contributed by atoms with Gasteiger partial charge in [0.1, 0.15) is 11.9 Å². The minimum Gasteiger partial charge on any atom is -0.483 e. The topological polar surface area (TPSA) is 21.3 Å². The van der Waals surface area contributed by atoms with E-state index >= 15 is 0 Å². The summed E-state index contributed by atoms with van der Waals surface area (Å²) in [6.45, 7) is 4.97. The van der Waals surface area contributed by atoms with Gasteiger partial charge in [0.2, 0.25) is 0 Å². The van der Waals surface area contributed by atoms with Gasteiger partial charge < -0.3 is 10.1 Å². The van der Waals surface area contributed by atoms with Crippen LogP contribution >= 0.6 is 27.5 Å². The van der Waals surface area contributed by atoms with Crippen molar-refractivity contribution in [1.29, 1.82) is 0 Å². The first-order chi connectivity index (χ1) is 10.1. The Morgan fingerprint density at radius 2 is 1.86 bits per heavy atom. The third-order valence-corrected chi connectivity index (χ3v) is 3.83. The maximum Gasteiger partial charge on any atom is 0.138 e. The number of benzene rings is 2. The molecule has 2 aromatic carbocycles. The lowest BCUT2D eigenvalue weighted by molar-refractivity contribution is 0.198. The molecule has 0 aromatic heterocycles. The fraction of sp³-hybridized carbons (Fsp3) is 0.294. The number of rotatable bonds is 6. The second kappa shape index (κ2) is 7.83. The molecule has 0 aliphatic rings. The molecule has 0 aliphatic heterocycles. The molecule has 0 saturated heterocycles. The molecule has 1 atom stereocenters. The monoisotopic (exact) mass is 367 g/mol. The average Bonchev–Trinajstić information content (AvgIpc) is 2.46. The first kappa shape index (κ1) is 16.3. The minimum atomic E-state index is -0.0766. The zero-order chi connectivity index (χ0) is 15.2. The van der Waals surface area contributed by atoms with E-state index in [0.29, 0.717) is 16.8 Å². The van der Waals surface area contributed by atoms with Gasteiger partial charge >= 0.3 is 0 Å². The number of hydrogen-bond donors (Lipinski definition) is 1. The Morgan fingerprint density at radius 3 is 2.48 bits per heavy atom. The lowest BCUT2D eigenvalue weighted by Gasteiger charge is -2.22. The highest BCUT2D eigenvalue weighted by atomic mass is 79.9. The number of nitrogens with one attached hydrogen (secondary N) is 1. The van der Waals surface area contributed by atoms with Crippen LogP contribution in [0.4, 0.5) is 0 Å². The summed E-state index contributed by atoms with van der Waals surface area (Å²) < 4.78 is 7.06. The van der Waals surface area contributed by atoms with Gasteiger partial charge in [-0.05, 0) is 23.8 Å². The largest absolute Gasteiger partial charge is 0.483 e. The maximum absolute atomic E-state index is 6.25. The molecule has 0 fully saturated rings.